The Morgan fingerprint density at radius 2 is 1.90 bits per heavy atom. The van der Waals surface area contributed by atoms with E-state index in [4.69, 9.17) is 9.15 Å². The lowest BCUT2D eigenvalue weighted by molar-refractivity contribution is -0.124. The summed E-state index contributed by atoms with van der Waals surface area (Å²) in [5.41, 5.74) is 3.30. The number of hydrogen-bond donors (Lipinski definition) is 1. The average Bonchev–Trinajstić information content (AvgIpc) is 3.39. The fourth-order valence-electron chi connectivity index (χ4n) is 3.42. The van der Waals surface area contributed by atoms with E-state index in [9.17, 15) is 9.59 Å². The molecule has 0 saturated carbocycles. The molecule has 7 heteroatoms. The second kappa shape index (κ2) is 10.5. The summed E-state index contributed by atoms with van der Waals surface area (Å²) < 4.78 is 12.6. The van der Waals surface area contributed by atoms with Crippen molar-refractivity contribution >= 4 is 17.6 Å². The lowest BCUT2D eigenvalue weighted by Gasteiger charge is -2.19. The van der Waals surface area contributed by atoms with Crippen molar-refractivity contribution in [1.29, 1.82) is 0 Å². The molecule has 31 heavy (non-hydrogen) atoms. The van der Waals surface area contributed by atoms with Gasteiger partial charge in [0.25, 0.3) is 5.91 Å². The van der Waals surface area contributed by atoms with Crippen molar-refractivity contribution < 1.29 is 18.7 Å². The van der Waals surface area contributed by atoms with E-state index in [2.05, 4.69) is 10.2 Å². The molecule has 1 aromatic carbocycles. The van der Waals surface area contributed by atoms with Gasteiger partial charge in [-0.05, 0) is 50.6 Å². The Kier molecular flexibility index (Phi) is 7.54. The number of hydrogen-bond acceptors (Lipinski definition) is 5. The first-order chi connectivity index (χ1) is 15.0. The van der Waals surface area contributed by atoms with E-state index >= 15 is 0 Å². The third-order valence-corrected chi connectivity index (χ3v) is 5.21. The molecule has 0 unspecified atom stereocenters. The van der Waals surface area contributed by atoms with Crippen LogP contribution in [0.4, 0.5) is 5.69 Å². The Morgan fingerprint density at radius 3 is 2.61 bits per heavy atom. The van der Waals surface area contributed by atoms with Crippen LogP contribution in [0, 0.1) is 13.8 Å². The molecular weight excluding hydrogens is 394 g/mol. The minimum absolute atomic E-state index is 0.296. The second-order valence-electron chi connectivity index (χ2n) is 7.49. The number of nitrogens with one attached hydrogen (secondary N) is 1. The summed E-state index contributed by atoms with van der Waals surface area (Å²) in [6.45, 7) is 5.35. The molecule has 0 aliphatic rings. The number of amides is 1. The predicted octanol–water partition coefficient (Wildman–Crippen LogP) is 3.55. The molecule has 1 amide bonds. The zero-order valence-electron chi connectivity index (χ0n) is 18.3. The molecule has 164 valence electrons. The first-order valence-electron chi connectivity index (χ1n) is 10.3. The van der Waals surface area contributed by atoms with Gasteiger partial charge in [0.2, 0.25) is 0 Å². The zero-order chi connectivity index (χ0) is 22.2. The monoisotopic (exact) mass is 423 g/mol. The molecule has 3 rings (SSSR count). The first kappa shape index (κ1) is 22.2. The van der Waals surface area contributed by atoms with Gasteiger partial charge in [-0.25, -0.2) is 4.79 Å². The minimum atomic E-state index is -0.502. The Morgan fingerprint density at radius 1 is 1.13 bits per heavy atom. The molecule has 0 fully saturated rings. The van der Waals surface area contributed by atoms with Gasteiger partial charge in [-0.2, -0.15) is 0 Å². The third kappa shape index (κ3) is 6.01. The van der Waals surface area contributed by atoms with Crippen molar-refractivity contribution in [1.82, 2.24) is 9.88 Å². The van der Waals surface area contributed by atoms with Crippen molar-refractivity contribution in [2.24, 2.45) is 0 Å². The van der Waals surface area contributed by atoms with Crippen LogP contribution in [-0.2, 0) is 16.1 Å². The van der Waals surface area contributed by atoms with Gasteiger partial charge in [0.05, 0.1) is 18.4 Å². The van der Waals surface area contributed by atoms with Crippen LogP contribution in [0.2, 0.25) is 0 Å². The van der Waals surface area contributed by atoms with Gasteiger partial charge in [-0.3, -0.25) is 4.79 Å². The number of furan rings is 1. The summed E-state index contributed by atoms with van der Waals surface area (Å²) in [4.78, 5) is 26.6. The highest BCUT2D eigenvalue weighted by atomic mass is 16.5. The number of esters is 1. The van der Waals surface area contributed by atoms with E-state index in [1.807, 2.05) is 67.9 Å². The van der Waals surface area contributed by atoms with Gasteiger partial charge >= 0.3 is 5.97 Å². The van der Waals surface area contributed by atoms with Crippen LogP contribution in [0.5, 0.6) is 0 Å². The maximum Gasteiger partial charge on any atom is 0.340 e. The van der Waals surface area contributed by atoms with Gasteiger partial charge in [0.1, 0.15) is 5.76 Å². The van der Waals surface area contributed by atoms with Crippen molar-refractivity contribution in [3.63, 3.8) is 0 Å². The van der Waals surface area contributed by atoms with Crippen molar-refractivity contribution in [2.75, 3.05) is 31.6 Å². The number of aromatic nitrogens is 1. The van der Waals surface area contributed by atoms with Crippen LogP contribution >= 0.6 is 0 Å². The Balaban J connectivity index is 1.41. The number of benzene rings is 1. The standard InChI is InChI=1S/C24H29N3O4/c1-18-15-22(19(2)27(18)16-21-11-7-14-30-21)24(29)31-17-23(28)25-12-8-13-26(3)20-9-5-4-6-10-20/h4-7,9-11,14-15H,8,12-13,16-17H2,1-3H3,(H,25,28). The second-order valence-corrected chi connectivity index (χ2v) is 7.49. The lowest BCUT2D eigenvalue weighted by atomic mass is 10.2. The summed E-state index contributed by atoms with van der Waals surface area (Å²) in [5.74, 6) is -0.00290. The fraction of sp³-hybridized carbons (Fsp3) is 0.333. The minimum Gasteiger partial charge on any atom is -0.467 e. The van der Waals surface area contributed by atoms with E-state index in [0.29, 0.717) is 18.7 Å². The van der Waals surface area contributed by atoms with Crippen LogP contribution < -0.4 is 10.2 Å². The lowest BCUT2D eigenvalue weighted by Crippen LogP contribution is -2.31. The molecule has 0 saturated heterocycles. The molecule has 7 nitrogen and oxygen atoms in total. The highest BCUT2D eigenvalue weighted by Gasteiger charge is 2.18. The van der Waals surface area contributed by atoms with Gasteiger partial charge in [0.15, 0.2) is 6.61 Å². The van der Waals surface area contributed by atoms with E-state index in [1.165, 1.54) is 0 Å². The maximum atomic E-state index is 12.5. The van der Waals surface area contributed by atoms with E-state index in [1.54, 1.807) is 12.3 Å². The molecule has 3 aromatic rings. The Labute approximate surface area is 182 Å². The smallest absolute Gasteiger partial charge is 0.340 e. The molecule has 0 radical (unpaired) electrons. The number of anilines is 1. The van der Waals surface area contributed by atoms with Crippen LogP contribution in [0.25, 0.3) is 0 Å². The summed E-state index contributed by atoms with van der Waals surface area (Å²) in [6, 6.07) is 15.6. The number of rotatable bonds is 10. The molecule has 2 heterocycles. The maximum absolute atomic E-state index is 12.5. The summed E-state index contributed by atoms with van der Waals surface area (Å²) in [6.07, 6.45) is 2.41. The predicted molar refractivity (Wildman–Crippen MR) is 119 cm³/mol. The molecular formula is C24H29N3O4. The molecule has 2 aromatic heterocycles. The quantitative estimate of drug-likeness (QED) is 0.399. The molecule has 0 aliphatic heterocycles. The number of carbonyl (C=O) groups is 2. The van der Waals surface area contributed by atoms with Crippen LogP contribution in [0.15, 0.2) is 59.2 Å². The van der Waals surface area contributed by atoms with E-state index < -0.39 is 5.97 Å². The van der Waals surface area contributed by atoms with Crippen molar-refractivity contribution in [3.8, 4) is 0 Å². The summed E-state index contributed by atoms with van der Waals surface area (Å²) in [5, 5.41) is 2.80. The molecule has 0 aliphatic carbocycles. The number of carbonyl (C=O) groups excluding carboxylic acids is 2. The molecule has 1 N–H and O–H groups in total. The molecule has 0 spiro atoms. The number of para-hydroxylation sites is 1. The third-order valence-electron chi connectivity index (χ3n) is 5.21. The number of aryl methyl sites for hydroxylation is 1. The van der Waals surface area contributed by atoms with Gasteiger partial charge in [-0.15, -0.1) is 0 Å². The number of ether oxygens (including phenoxy) is 1. The highest BCUT2D eigenvalue weighted by molar-refractivity contribution is 5.92. The fourth-order valence-corrected chi connectivity index (χ4v) is 3.42. The highest BCUT2D eigenvalue weighted by Crippen LogP contribution is 2.18. The topological polar surface area (TPSA) is 76.7 Å². The van der Waals surface area contributed by atoms with Crippen molar-refractivity contribution in [3.05, 3.63) is 77.5 Å². The van der Waals surface area contributed by atoms with Crippen LogP contribution in [0.1, 0.15) is 33.9 Å². The molecule has 0 bridgehead atoms. The normalized spacial score (nSPS) is 10.7. The van der Waals surface area contributed by atoms with Crippen molar-refractivity contribution in [2.45, 2.75) is 26.8 Å². The van der Waals surface area contributed by atoms with Gasteiger partial charge in [0, 0.05) is 37.2 Å². The van der Waals surface area contributed by atoms with Crippen LogP contribution in [0.3, 0.4) is 0 Å². The number of nitrogens with zero attached hydrogens (tertiary/aromatic N) is 2. The Hall–Kier alpha value is -3.48. The van der Waals surface area contributed by atoms with E-state index in [0.717, 1.165) is 35.8 Å². The van der Waals surface area contributed by atoms with Gasteiger partial charge in [-0.1, -0.05) is 18.2 Å². The average molecular weight is 424 g/mol. The van der Waals surface area contributed by atoms with Gasteiger partial charge < -0.3 is 23.9 Å². The summed E-state index contributed by atoms with van der Waals surface area (Å²) in [7, 11) is 2.02. The van der Waals surface area contributed by atoms with E-state index in [-0.39, 0.29) is 12.5 Å². The summed E-state index contributed by atoms with van der Waals surface area (Å²) >= 11 is 0. The van der Waals surface area contributed by atoms with Crippen LogP contribution in [-0.4, -0.2) is 43.2 Å². The zero-order valence-corrected chi connectivity index (χ0v) is 18.3. The largest absolute Gasteiger partial charge is 0.467 e. The SMILES string of the molecule is Cc1cc(C(=O)OCC(=O)NCCCN(C)c2ccccc2)c(C)n1Cc1ccco1. The Bertz CT molecular complexity index is 994. The first-order valence-corrected chi connectivity index (χ1v) is 10.3. The molecule has 0 atom stereocenters.